The van der Waals surface area contributed by atoms with E-state index in [1.54, 1.807) is 0 Å². The van der Waals surface area contributed by atoms with Crippen molar-refractivity contribution in [2.75, 3.05) is 67.5 Å². The largest absolute Gasteiger partial charge is 0.369 e. The molecular formula is C36H37N7O2. The predicted octanol–water partition coefficient (Wildman–Crippen LogP) is 4.73. The van der Waals surface area contributed by atoms with Crippen LogP contribution >= 0.6 is 0 Å². The van der Waals surface area contributed by atoms with Crippen LogP contribution in [0.25, 0.3) is 22.4 Å². The number of fused-ring (bicyclic) bond motifs is 1. The van der Waals surface area contributed by atoms with Crippen LogP contribution in [0.3, 0.4) is 0 Å². The van der Waals surface area contributed by atoms with Crippen molar-refractivity contribution in [1.82, 2.24) is 20.6 Å². The maximum atomic E-state index is 13.1. The highest BCUT2D eigenvalue weighted by molar-refractivity contribution is 6.04. The molecule has 0 radical (unpaired) electrons. The number of carbonyl (C=O) groups is 2. The standard InChI is InChI=1S/C36H37N7O2/c44-34(26-6-10-30(11-7-26)42-19-15-37-16-20-42)24-25-1-14-32-33(23-25)41-35(40-32)27-2-4-28(5-3-27)36(45)39-29-8-12-31(13-9-29)43-21-17-38-18-22-43/h1-14,23,37-38H,15-22,24H2,(H,39,45)(H,40,41). The summed E-state index contributed by atoms with van der Waals surface area (Å²) in [4.78, 5) is 38.8. The molecule has 9 nitrogen and oxygen atoms in total. The molecule has 1 amide bonds. The van der Waals surface area contributed by atoms with Gasteiger partial charge in [0.1, 0.15) is 5.82 Å². The SMILES string of the molecule is O=C(Cc1ccc2nc(-c3ccc(C(=O)Nc4ccc(N5CCNCC5)cc4)cc3)[nH]c2c1)c1ccc(N2CCNCC2)cc1. The highest BCUT2D eigenvalue weighted by Crippen LogP contribution is 2.24. The Morgan fingerprint density at radius 3 is 1.89 bits per heavy atom. The summed E-state index contributed by atoms with van der Waals surface area (Å²) in [7, 11) is 0. The van der Waals surface area contributed by atoms with Gasteiger partial charge in [-0.05, 0) is 78.4 Å². The fourth-order valence-electron chi connectivity index (χ4n) is 6.03. The van der Waals surface area contributed by atoms with Crippen LogP contribution in [-0.4, -0.2) is 74.0 Å². The molecule has 2 fully saturated rings. The summed E-state index contributed by atoms with van der Waals surface area (Å²) >= 11 is 0. The van der Waals surface area contributed by atoms with Crippen molar-refractivity contribution in [2.24, 2.45) is 0 Å². The fraction of sp³-hybridized carbons (Fsp3) is 0.250. The van der Waals surface area contributed by atoms with Crippen LogP contribution in [-0.2, 0) is 6.42 Å². The Morgan fingerprint density at radius 1 is 0.689 bits per heavy atom. The van der Waals surface area contributed by atoms with Crippen molar-refractivity contribution in [3.63, 3.8) is 0 Å². The summed E-state index contributed by atoms with van der Waals surface area (Å²) in [5.41, 5.74) is 7.89. The summed E-state index contributed by atoms with van der Waals surface area (Å²) in [6.07, 6.45) is 0.319. The molecule has 0 bridgehead atoms. The Balaban J connectivity index is 0.978. The number of nitrogens with one attached hydrogen (secondary N) is 4. The molecule has 0 aliphatic carbocycles. The van der Waals surface area contributed by atoms with Gasteiger partial charge in [-0.3, -0.25) is 9.59 Å². The van der Waals surface area contributed by atoms with Crippen molar-refractivity contribution in [2.45, 2.75) is 6.42 Å². The van der Waals surface area contributed by atoms with Crippen molar-refractivity contribution < 1.29 is 9.59 Å². The van der Waals surface area contributed by atoms with Crippen molar-refractivity contribution in [3.05, 3.63) is 108 Å². The van der Waals surface area contributed by atoms with Crippen LogP contribution in [0.2, 0.25) is 0 Å². The van der Waals surface area contributed by atoms with Crippen LogP contribution in [0.1, 0.15) is 26.3 Å². The average molecular weight is 600 g/mol. The molecule has 2 aliphatic rings. The van der Waals surface area contributed by atoms with Gasteiger partial charge in [-0.2, -0.15) is 0 Å². The lowest BCUT2D eigenvalue weighted by atomic mass is 10.0. The van der Waals surface area contributed by atoms with E-state index in [0.717, 1.165) is 91.5 Å². The molecule has 0 atom stereocenters. The Labute approximate surface area is 262 Å². The molecule has 45 heavy (non-hydrogen) atoms. The highest BCUT2D eigenvalue weighted by Gasteiger charge is 2.15. The fourth-order valence-corrected chi connectivity index (χ4v) is 6.03. The first-order valence-corrected chi connectivity index (χ1v) is 15.6. The lowest BCUT2D eigenvalue weighted by Crippen LogP contribution is -2.43. The molecule has 0 unspecified atom stereocenters. The number of anilines is 3. The van der Waals surface area contributed by atoms with E-state index in [-0.39, 0.29) is 11.7 Å². The van der Waals surface area contributed by atoms with Crippen molar-refractivity contribution >= 4 is 39.8 Å². The number of Topliss-reactive ketones (excluding diaryl/α,β-unsaturated/α-hetero) is 1. The number of amides is 1. The normalized spacial score (nSPS) is 15.3. The number of piperazine rings is 2. The third-order valence-electron chi connectivity index (χ3n) is 8.61. The molecule has 228 valence electrons. The number of carbonyl (C=O) groups excluding carboxylic acids is 2. The number of nitrogens with zero attached hydrogens (tertiary/aromatic N) is 3. The number of H-pyrrole nitrogens is 1. The van der Waals surface area contributed by atoms with Gasteiger partial charge in [-0.1, -0.05) is 18.2 Å². The Kier molecular flexibility index (Phi) is 8.27. The topological polar surface area (TPSA) is 105 Å². The number of rotatable bonds is 8. The zero-order valence-corrected chi connectivity index (χ0v) is 25.2. The molecule has 1 aromatic heterocycles. The molecule has 0 saturated carbocycles. The number of hydrogen-bond donors (Lipinski definition) is 4. The number of ketones is 1. The van der Waals surface area contributed by atoms with Gasteiger partial charge in [-0.15, -0.1) is 0 Å². The van der Waals surface area contributed by atoms with Crippen LogP contribution in [0.5, 0.6) is 0 Å². The zero-order valence-electron chi connectivity index (χ0n) is 25.2. The monoisotopic (exact) mass is 599 g/mol. The Morgan fingerprint density at radius 2 is 1.27 bits per heavy atom. The molecule has 2 aliphatic heterocycles. The highest BCUT2D eigenvalue weighted by atomic mass is 16.1. The van der Waals surface area contributed by atoms with Gasteiger partial charge < -0.3 is 30.7 Å². The summed E-state index contributed by atoms with van der Waals surface area (Å²) in [5.74, 6) is 0.645. The van der Waals surface area contributed by atoms with Gasteiger partial charge in [0.05, 0.1) is 11.0 Å². The van der Waals surface area contributed by atoms with Gasteiger partial charge in [-0.25, -0.2) is 4.98 Å². The Hall–Kier alpha value is -4.99. The molecule has 9 heteroatoms. The van der Waals surface area contributed by atoms with Crippen molar-refractivity contribution in [1.29, 1.82) is 0 Å². The first-order valence-electron chi connectivity index (χ1n) is 15.6. The lowest BCUT2D eigenvalue weighted by molar-refractivity contribution is 0.0991. The molecule has 4 N–H and O–H groups in total. The third-order valence-corrected chi connectivity index (χ3v) is 8.61. The maximum Gasteiger partial charge on any atom is 0.255 e. The van der Waals surface area contributed by atoms with Gasteiger partial charge in [0, 0.05) is 92.5 Å². The molecule has 4 aromatic carbocycles. The number of aromatic nitrogens is 2. The summed E-state index contributed by atoms with van der Waals surface area (Å²) < 4.78 is 0. The van der Waals surface area contributed by atoms with Crippen LogP contribution in [0, 0.1) is 0 Å². The Bertz CT molecular complexity index is 1780. The molecule has 7 rings (SSSR count). The van der Waals surface area contributed by atoms with E-state index in [2.05, 4.69) is 42.9 Å². The van der Waals surface area contributed by atoms with Gasteiger partial charge in [0.2, 0.25) is 0 Å². The summed E-state index contributed by atoms with van der Waals surface area (Å²) in [6, 6.07) is 29.3. The number of benzene rings is 4. The minimum atomic E-state index is -0.158. The maximum absolute atomic E-state index is 13.1. The lowest BCUT2D eigenvalue weighted by Gasteiger charge is -2.29. The molecule has 2 saturated heterocycles. The second-order valence-corrected chi connectivity index (χ2v) is 11.6. The van der Waals surface area contributed by atoms with Crippen LogP contribution < -0.4 is 25.8 Å². The van der Waals surface area contributed by atoms with Gasteiger partial charge in [0.25, 0.3) is 5.91 Å². The van der Waals surface area contributed by atoms with E-state index in [9.17, 15) is 9.59 Å². The smallest absolute Gasteiger partial charge is 0.255 e. The number of aromatic amines is 1. The van der Waals surface area contributed by atoms with Crippen LogP contribution in [0.15, 0.2) is 91.0 Å². The summed E-state index contributed by atoms with van der Waals surface area (Å²) in [6.45, 7) is 7.85. The minimum Gasteiger partial charge on any atom is -0.369 e. The number of imidazole rings is 1. The zero-order chi connectivity index (χ0) is 30.6. The quantitative estimate of drug-likeness (QED) is 0.191. The minimum absolute atomic E-state index is 0.0882. The second kappa shape index (κ2) is 12.9. The third kappa shape index (κ3) is 6.60. The van der Waals surface area contributed by atoms with E-state index in [0.29, 0.717) is 17.8 Å². The van der Waals surface area contributed by atoms with Gasteiger partial charge in [0.15, 0.2) is 5.78 Å². The predicted molar refractivity (Wildman–Crippen MR) is 181 cm³/mol. The van der Waals surface area contributed by atoms with Crippen molar-refractivity contribution in [3.8, 4) is 11.4 Å². The van der Waals surface area contributed by atoms with E-state index in [4.69, 9.17) is 4.98 Å². The van der Waals surface area contributed by atoms with E-state index in [1.807, 2.05) is 78.9 Å². The molecular weight excluding hydrogens is 562 g/mol. The van der Waals surface area contributed by atoms with E-state index >= 15 is 0 Å². The molecule has 3 heterocycles. The average Bonchev–Trinajstić information content (AvgIpc) is 3.53. The van der Waals surface area contributed by atoms with E-state index < -0.39 is 0 Å². The molecule has 5 aromatic rings. The summed E-state index contributed by atoms with van der Waals surface area (Å²) in [5, 5.41) is 9.73. The van der Waals surface area contributed by atoms with E-state index in [1.165, 1.54) is 5.69 Å². The first-order chi connectivity index (χ1) is 22.1. The molecule has 0 spiro atoms. The number of hydrogen-bond acceptors (Lipinski definition) is 7. The first kappa shape index (κ1) is 28.8. The van der Waals surface area contributed by atoms with Crippen LogP contribution in [0.4, 0.5) is 17.1 Å². The van der Waals surface area contributed by atoms with Gasteiger partial charge >= 0.3 is 0 Å². The second-order valence-electron chi connectivity index (χ2n) is 11.6.